The molecule has 0 amide bonds. The van der Waals surface area contributed by atoms with Gasteiger partial charge in [0.2, 0.25) is 0 Å². The van der Waals surface area contributed by atoms with Crippen LogP contribution in [0.15, 0.2) is 48.8 Å². The molecule has 0 aliphatic heterocycles. The molecule has 0 atom stereocenters. The van der Waals surface area contributed by atoms with E-state index < -0.39 is 0 Å². The molecular formula is C16H16ClN3. The van der Waals surface area contributed by atoms with E-state index in [0.29, 0.717) is 11.6 Å². The van der Waals surface area contributed by atoms with Crippen molar-refractivity contribution in [2.24, 2.45) is 0 Å². The summed E-state index contributed by atoms with van der Waals surface area (Å²) in [4.78, 5) is 4.55. The van der Waals surface area contributed by atoms with Crippen molar-refractivity contribution in [3.8, 4) is 0 Å². The van der Waals surface area contributed by atoms with Crippen LogP contribution in [0.3, 0.4) is 0 Å². The summed E-state index contributed by atoms with van der Waals surface area (Å²) in [6.45, 7) is 2.86. The molecule has 1 aromatic carbocycles. The Morgan fingerprint density at radius 1 is 1.20 bits per heavy atom. The van der Waals surface area contributed by atoms with Gasteiger partial charge in [-0.3, -0.25) is 0 Å². The number of imidazole rings is 1. The first kappa shape index (κ1) is 13.0. The van der Waals surface area contributed by atoms with Crippen molar-refractivity contribution < 1.29 is 0 Å². The molecule has 0 fully saturated rings. The van der Waals surface area contributed by atoms with Gasteiger partial charge in [0, 0.05) is 18.1 Å². The number of aryl methyl sites for hydroxylation is 1. The fourth-order valence-corrected chi connectivity index (χ4v) is 2.36. The molecule has 0 saturated carbocycles. The molecule has 2 aromatic heterocycles. The number of anilines is 1. The molecule has 3 rings (SSSR count). The normalized spacial score (nSPS) is 10.9. The Bertz CT molecular complexity index is 733. The first-order chi connectivity index (χ1) is 9.74. The lowest BCUT2D eigenvalue weighted by Crippen LogP contribution is -1.99. The van der Waals surface area contributed by atoms with Gasteiger partial charge in [0.05, 0.1) is 17.3 Å². The third kappa shape index (κ3) is 2.78. The number of aromatic nitrogens is 2. The van der Waals surface area contributed by atoms with Crippen LogP contribution < -0.4 is 5.32 Å². The smallest absolute Gasteiger partial charge is 0.137 e. The molecule has 0 aliphatic rings. The SMILES string of the molecule is CCc1cccc(NCc2cn3cc(Cl)ccc3n2)c1. The second-order valence-corrected chi connectivity index (χ2v) is 5.19. The third-order valence-corrected chi connectivity index (χ3v) is 3.50. The highest BCUT2D eigenvalue weighted by Crippen LogP contribution is 2.14. The van der Waals surface area contributed by atoms with Gasteiger partial charge in [-0.2, -0.15) is 0 Å². The van der Waals surface area contributed by atoms with Crippen LogP contribution in [-0.4, -0.2) is 9.38 Å². The summed E-state index contributed by atoms with van der Waals surface area (Å²) >= 11 is 5.97. The molecule has 2 heterocycles. The molecule has 0 bridgehead atoms. The van der Waals surface area contributed by atoms with Gasteiger partial charge in [-0.25, -0.2) is 4.98 Å². The van der Waals surface area contributed by atoms with Crippen molar-refractivity contribution in [3.63, 3.8) is 0 Å². The van der Waals surface area contributed by atoms with Crippen molar-refractivity contribution in [1.29, 1.82) is 0 Å². The van der Waals surface area contributed by atoms with Gasteiger partial charge in [-0.05, 0) is 36.2 Å². The monoisotopic (exact) mass is 285 g/mol. The van der Waals surface area contributed by atoms with E-state index in [0.717, 1.165) is 23.4 Å². The van der Waals surface area contributed by atoms with Crippen LogP contribution in [0.4, 0.5) is 5.69 Å². The second-order valence-electron chi connectivity index (χ2n) is 4.75. The first-order valence-corrected chi connectivity index (χ1v) is 7.08. The average Bonchev–Trinajstić information content (AvgIpc) is 2.87. The van der Waals surface area contributed by atoms with E-state index in [1.165, 1.54) is 5.56 Å². The maximum atomic E-state index is 5.97. The molecule has 0 spiro atoms. The van der Waals surface area contributed by atoms with Crippen LogP contribution >= 0.6 is 11.6 Å². The van der Waals surface area contributed by atoms with Gasteiger partial charge in [0.1, 0.15) is 5.65 Å². The summed E-state index contributed by atoms with van der Waals surface area (Å²) in [6, 6.07) is 12.2. The number of fused-ring (bicyclic) bond motifs is 1. The largest absolute Gasteiger partial charge is 0.379 e. The first-order valence-electron chi connectivity index (χ1n) is 6.70. The Hall–Kier alpha value is -2.00. The van der Waals surface area contributed by atoms with Gasteiger partial charge in [-0.15, -0.1) is 0 Å². The molecule has 1 N–H and O–H groups in total. The Balaban J connectivity index is 1.76. The highest BCUT2D eigenvalue weighted by molar-refractivity contribution is 6.30. The minimum Gasteiger partial charge on any atom is -0.379 e. The lowest BCUT2D eigenvalue weighted by Gasteiger charge is -2.05. The minimum absolute atomic E-state index is 0.701. The minimum atomic E-state index is 0.701. The number of rotatable bonds is 4. The van der Waals surface area contributed by atoms with Crippen LogP contribution in [0.5, 0.6) is 0 Å². The number of nitrogens with one attached hydrogen (secondary N) is 1. The van der Waals surface area contributed by atoms with Gasteiger partial charge in [-0.1, -0.05) is 30.7 Å². The van der Waals surface area contributed by atoms with E-state index in [4.69, 9.17) is 11.6 Å². The second kappa shape index (κ2) is 5.55. The Labute approximate surface area is 123 Å². The highest BCUT2D eigenvalue weighted by atomic mass is 35.5. The maximum Gasteiger partial charge on any atom is 0.137 e. The molecule has 0 unspecified atom stereocenters. The Morgan fingerprint density at radius 2 is 2.10 bits per heavy atom. The van der Waals surface area contributed by atoms with E-state index >= 15 is 0 Å². The fraction of sp³-hybridized carbons (Fsp3) is 0.188. The lowest BCUT2D eigenvalue weighted by molar-refractivity contribution is 1.07. The van der Waals surface area contributed by atoms with Crippen LogP contribution in [0.25, 0.3) is 5.65 Å². The molecule has 4 heteroatoms. The highest BCUT2D eigenvalue weighted by Gasteiger charge is 2.02. The summed E-state index contributed by atoms with van der Waals surface area (Å²) in [6.07, 6.45) is 4.91. The van der Waals surface area contributed by atoms with Crippen LogP contribution in [0.2, 0.25) is 5.02 Å². The standard InChI is InChI=1S/C16H16ClN3/c1-2-12-4-3-5-14(8-12)18-9-15-11-20-10-13(17)6-7-16(20)19-15/h3-8,10-11,18H,2,9H2,1H3. The summed E-state index contributed by atoms with van der Waals surface area (Å²) in [5.74, 6) is 0. The number of benzene rings is 1. The third-order valence-electron chi connectivity index (χ3n) is 3.27. The Kier molecular flexibility index (Phi) is 3.61. The molecule has 0 radical (unpaired) electrons. The molecule has 3 nitrogen and oxygen atoms in total. The molecule has 20 heavy (non-hydrogen) atoms. The maximum absolute atomic E-state index is 5.97. The van der Waals surface area contributed by atoms with E-state index in [-0.39, 0.29) is 0 Å². The summed E-state index contributed by atoms with van der Waals surface area (Å²) in [5.41, 5.74) is 4.36. The summed E-state index contributed by atoms with van der Waals surface area (Å²) < 4.78 is 1.95. The van der Waals surface area contributed by atoms with Crippen LogP contribution in [-0.2, 0) is 13.0 Å². The zero-order chi connectivity index (χ0) is 13.9. The zero-order valence-corrected chi connectivity index (χ0v) is 12.1. The van der Waals surface area contributed by atoms with Crippen molar-refractivity contribution in [1.82, 2.24) is 9.38 Å². The number of hydrogen-bond acceptors (Lipinski definition) is 2. The van der Waals surface area contributed by atoms with Gasteiger partial charge < -0.3 is 9.72 Å². The predicted octanol–water partition coefficient (Wildman–Crippen LogP) is 4.16. The van der Waals surface area contributed by atoms with Crippen molar-refractivity contribution in [3.05, 3.63) is 65.1 Å². The summed E-state index contributed by atoms with van der Waals surface area (Å²) in [5, 5.41) is 4.12. The molecule has 0 saturated heterocycles. The van der Waals surface area contributed by atoms with Crippen molar-refractivity contribution in [2.75, 3.05) is 5.32 Å². The average molecular weight is 286 g/mol. The molecular weight excluding hydrogens is 270 g/mol. The van der Waals surface area contributed by atoms with E-state index in [1.807, 2.05) is 28.9 Å². The number of nitrogens with zero attached hydrogens (tertiary/aromatic N) is 2. The number of halogens is 1. The predicted molar refractivity (Wildman–Crippen MR) is 83.3 cm³/mol. The van der Waals surface area contributed by atoms with Gasteiger partial charge in [0.15, 0.2) is 0 Å². The summed E-state index contributed by atoms with van der Waals surface area (Å²) in [7, 11) is 0. The van der Waals surface area contributed by atoms with E-state index in [9.17, 15) is 0 Å². The van der Waals surface area contributed by atoms with Crippen LogP contribution in [0, 0.1) is 0 Å². The number of hydrogen-bond donors (Lipinski definition) is 1. The zero-order valence-electron chi connectivity index (χ0n) is 11.3. The fourth-order valence-electron chi connectivity index (χ4n) is 2.20. The van der Waals surface area contributed by atoms with Gasteiger partial charge >= 0.3 is 0 Å². The Morgan fingerprint density at radius 3 is 2.95 bits per heavy atom. The lowest BCUT2D eigenvalue weighted by atomic mass is 10.1. The number of pyridine rings is 1. The molecule has 3 aromatic rings. The van der Waals surface area contributed by atoms with Crippen molar-refractivity contribution >= 4 is 22.9 Å². The van der Waals surface area contributed by atoms with E-state index in [1.54, 1.807) is 0 Å². The topological polar surface area (TPSA) is 29.3 Å². The van der Waals surface area contributed by atoms with E-state index in [2.05, 4.69) is 41.5 Å². The van der Waals surface area contributed by atoms with Gasteiger partial charge in [0.25, 0.3) is 0 Å². The quantitative estimate of drug-likeness (QED) is 0.780. The molecule has 102 valence electrons. The van der Waals surface area contributed by atoms with Crippen LogP contribution in [0.1, 0.15) is 18.2 Å². The van der Waals surface area contributed by atoms with Crippen molar-refractivity contribution in [2.45, 2.75) is 19.9 Å². The molecule has 0 aliphatic carbocycles.